The Morgan fingerprint density at radius 3 is 2.85 bits per heavy atom. The van der Waals surface area contributed by atoms with Crippen LogP contribution in [0, 0.1) is 5.92 Å². The molecule has 0 saturated heterocycles. The molecule has 0 spiro atoms. The van der Waals surface area contributed by atoms with Crippen LogP contribution in [0.15, 0.2) is 24.3 Å². The van der Waals surface area contributed by atoms with Crippen LogP contribution in [0.2, 0.25) is 0 Å². The van der Waals surface area contributed by atoms with Gasteiger partial charge in [0.2, 0.25) is 5.91 Å². The van der Waals surface area contributed by atoms with Gasteiger partial charge in [-0.05, 0) is 37.3 Å². The number of halogens is 1. The second kappa shape index (κ2) is 6.17. The number of carbonyl (C=O) groups is 1. The number of carbonyl (C=O) groups excluding carboxylic acids is 1. The monoisotopic (exact) mass is 337 g/mol. The van der Waals surface area contributed by atoms with Crippen LogP contribution in [0.3, 0.4) is 0 Å². The van der Waals surface area contributed by atoms with Gasteiger partial charge in [-0.25, -0.2) is 0 Å². The molecule has 2 aliphatic rings. The molecule has 1 aromatic carbocycles. The Hall–Kier alpha value is -1.03. The van der Waals surface area contributed by atoms with Crippen LogP contribution >= 0.6 is 15.9 Å². The van der Waals surface area contributed by atoms with E-state index in [1.807, 2.05) is 18.2 Å². The lowest BCUT2D eigenvalue weighted by Gasteiger charge is -2.40. The lowest BCUT2D eigenvalue weighted by molar-refractivity contribution is -0.140. The van der Waals surface area contributed by atoms with Crippen LogP contribution in [0.1, 0.15) is 24.8 Å². The molecule has 108 valence electrons. The van der Waals surface area contributed by atoms with Crippen LogP contribution in [-0.4, -0.2) is 35.3 Å². The van der Waals surface area contributed by atoms with E-state index >= 15 is 0 Å². The van der Waals surface area contributed by atoms with Gasteiger partial charge in [0.15, 0.2) is 0 Å². The Morgan fingerprint density at radius 1 is 1.35 bits per heavy atom. The van der Waals surface area contributed by atoms with Gasteiger partial charge < -0.3 is 9.64 Å². The summed E-state index contributed by atoms with van der Waals surface area (Å²) >= 11 is 3.46. The number of hydrogen-bond donors (Lipinski definition) is 0. The smallest absolute Gasteiger partial charge is 0.229 e. The second-order valence-corrected chi connectivity index (χ2v) is 6.42. The van der Waals surface area contributed by atoms with Crippen molar-refractivity contribution in [3.63, 3.8) is 0 Å². The maximum atomic E-state index is 12.8. The molecule has 1 aliphatic heterocycles. The summed E-state index contributed by atoms with van der Waals surface area (Å²) in [6.07, 6.45) is 4.37. The van der Waals surface area contributed by atoms with E-state index < -0.39 is 0 Å². The van der Waals surface area contributed by atoms with Gasteiger partial charge >= 0.3 is 0 Å². The van der Waals surface area contributed by atoms with E-state index in [2.05, 4.69) is 26.9 Å². The number of para-hydroxylation sites is 1. The minimum Gasteiger partial charge on any atom is -0.492 e. The summed E-state index contributed by atoms with van der Waals surface area (Å²) in [5, 5.41) is 0.847. The topological polar surface area (TPSA) is 29.5 Å². The van der Waals surface area contributed by atoms with Gasteiger partial charge in [-0.1, -0.05) is 34.1 Å². The maximum absolute atomic E-state index is 12.8. The van der Waals surface area contributed by atoms with Gasteiger partial charge in [0.1, 0.15) is 12.4 Å². The minimum atomic E-state index is -0.0236. The van der Waals surface area contributed by atoms with E-state index in [0.29, 0.717) is 12.6 Å². The maximum Gasteiger partial charge on any atom is 0.229 e. The minimum absolute atomic E-state index is 0.0236. The molecule has 1 atom stereocenters. The first kappa shape index (κ1) is 13.9. The summed E-state index contributed by atoms with van der Waals surface area (Å²) in [6.45, 7) is 1.32. The summed E-state index contributed by atoms with van der Waals surface area (Å²) < 4.78 is 5.76. The quantitative estimate of drug-likeness (QED) is 0.790. The van der Waals surface area contributed by atoms with Crippen LogP contribution < -0.4 is 4.74 Å². The summed E-state index contributed by atoms with van der Waals surface area (Å²) in [7, 11) is 0. The third kappa shape index (κ3) is 2.71. The molecule has 1 fully saturated rings. The van der Waals surface area contributed by atoms with Crippen LogP contribution in [-0.2, 0) is 11.2 Å². The molecule has 3 rings (SSSR count). The van der Waals surface area contributed by atoms with Gasteiger partial charge in [0.25, 0.3) is 0 Å². The van der Waals surface area contributed by atoms with Gasteiger partial charge in [-0.15, -0.1) is 0 Å². The van der Waals surface area contributed by atoms with E-state index in [9.17, 15) is 4.79 Å². The number of benzene rings is 1. The van der Waals surface area contributed by atoms with Crippen molar-refractivity contribution in [1.82, 2.24) is 4.90 Å². The van der Waals surface area contributed by atoms with Crippen molar-refractivity contribution < 1.29 is 9.53 Å². The Bertz CT molecular complexity index is 487. The number of amides is 1. The molecule has 0 bridgehead atoms. The molecule has 4 heteroatoms. The molecular formula is C16H20BrNO2. The normalized spacial score (nSPS) is 21.6. The lowest BCUT2D eigenvalue weighted by atomic mass is 9.89. The van der Waals surface area contributed by atoms with E-state index in [4.69, 9.17) is 4.74 Å². The standard InChI is InChI=1S/C16H20BrNO2/c17-8-9-18(14-5-3-6-14)16(19)13-10-12-4-1-2-7-15(12)20-11-13/h1-2,4,7,13-14H,3,5-6,8-11H2. The number of fused-ring (bicyclic) bond motifs is 1. The Balaban J connectivity index is 1.70. The lowest BCUT2D eigenvalue weighted by Crippen LogP contribution is -2.49. The summed E-state index contributed by atoms with van der Waals surface area (Å²) in [4.78, 5) is 14.8. The number of rotatable bonds is 4. The molecule has 0 radical (unpaired) electrons. The predicted octanol–water partition coefficient (Wildman–Crippen LogP) is 3.01. The molecule has 0 N–H and O–H groups in total. The fourth-order valence-corrected chi connectivity index (χ4v) is 3.37. The molecule has 1 amide bonds. The average Bonchev–Trinajstić information content (AvgIpc) is 2.43. The third-order valence-corrected chi connectivity index (χ3v) is 4.71. The molecular weight excluding hydrogens is 318 g/mol. The van der Waals surface area contributed by atoms with E-state index in [0.717, 1.165) is 42.5 Å². The fourth-order valence-electron chi connectivity index (χ4n) is 2.98. The number of hydrogen-bond acceptors (Lipinski definition) is 2. The van der Waals surface area contributed by atoms with Gasteiger partial charge in [0, 0.05) is 17.9 Å². The van der Waals surface area contributed by atoms with E-state index in [-0.39, 0.29) is 11.8 Å². The first-order chi connectivity index (χ1) is 9.79. The van der Waals surface area contributed by atoms with Crippen LogP contribution in [0.4, 0.5) is 0 Å². The molecule has 20 heavy (non-hydrogen) atoms. The third-order valence-electron chi connectivity index (χ3n) is 4.35. The Kier molecular flexibility index (Phi) is 4.29. The summed E-state index contributed by atoms with van der Waals surface area (Å²) in [5.41, 5.74) is 1.16. The van der Waals surface area contributed by atoms with Crippen molar-refractivity contribution in [1.29, 1.82) is 0 Å². The summed E-state index contributed by atoms with van der Waals surface area (Å²) in [6, 6.07) is 8.49. The van der Waals surface area contributed by atoms with E-state index in [1.165, 1.54) is 6.42 Å². The van der Waals surface area contributed by atoms with Crippen molar-refractivity contribution in [2.24, 2.45) is 5.92 Å². The molecule has 0 aromatic heterocycles. The first-order valence-electron chi connectivity index (χ1n) is 7.36. The van der Waals surface area contributed by atoms with Gasteiger partial charge in [-0.3, -0.25) is 4.79 Å². The van der Waals surface area contributed by atoms with Crippen LogP contribution in [0.5, 0.6) is 5.75 Å². The zero-order chi connectivity index (χ0) is 13.9. The number of ether oxygens (including phenoxy) is 1. The Labute approximate surface area is 128 Å². The second-order valence-electron chi connectivity index (χ2n) is 5.63. The van der Waals surface area contributed by atoms with E-state index in [1.54, 1.807) is 0 Å². The highest BCUT2D eigenvalue weighted by molar-refractivity contribution is 9.09. The highest BCUT2D eigenvalue weighted by Gasteiger charge is 2.34. The van der Waals surface area contributed by atoms with Gasteiger partial charge in [0.05, 0.1) is 5.92 Å². The van der Waals surface area contributed by atoms with Crippen molar-refractivity contribution in [3.05, 3.63) is 29.8 Å². The zero-order valence-electron chi connectivity index (χ0n) is 11.6. The number of nitrogens with zero attached hydrogens (tertiary/aromatic N) is 1. The van der Waals surface area contributed by atoms with Crippen LogP contribution in [0.25, 0.3) is 0 Å². The Morgan fingerprint density at radius 2 is 2.15 bits per heavy atom. The predicted molar refractivity (Wildman–Crippen MR) is 82.3 cm³/mol. The molecule has 1 aliphatic carbocycles. The molecule has 1 saturated carbocycles. The molecule has 1 unspecified atom stereocenters. The molecule has 3 nitrogen and oxygen atoms in total. The SMILES string of the molecule is O=C(C1COc2ccccc2C1)N(CCBr)C1CCC1. The summed E-state index contributed by atoms with van der Waals surface area (Å²) in [5.74, 6) is 1.18. The zero-order valence-corrected chi connectivity index (χ0v) is 13.1. The van der Waals surface area contributed by atoms with Crippen molar-refractivity contribution in [2.45, 2.75) is 31.7 Å². The average molecular weight is 338 g/mol. The van der Waals surface area contributed by atoms with Gasteiger partial charge in [-0.2, -0.15) is 0 Å². The van der Waals surface area contributed by atoms with Crippen molar-refractivity contribution in [2.75, 3.05) is 18.5 Å². The fraction of sp³-hybridized carbons (Fsp3) is 0.562. The largest absolute Gasteiger partial charge is 0.492 e. The van der Waals surface area contributed by atoms with Crippen molar-refractivity contribution in [3.8, 4) is 5.75 Å². The highest BCUT2D eigenvalue weighted by atomic mass is 79.9. The van der Waals surface area contributed by atoms with Crippen molar-refractivity contribution >= 4 is 21.8 Å². The molecule has 1 aromatic rings. The number of alkyl halides is 1. The first-order valence-corrected chi connectivity index (χ1v) is 8.49. The molecule has 1 heterocycles. The highest BCUT2D eigenvalue weighted by Crippen LogP contribution is 2.31.